The summed E-state index contributed by atoms with van der Waals surface area (Å²) in [6, 6.07) is 16.6. The average molecular weight is 341 g/mol. The Labute approximate surface area is 142 Å². The molecule has 0 aliphatic heterocycles. The Morgan fingerprint density at radius 3 is 2.42 bits per heavy atom. The second kappa shape index (κ2) is 6.98. The maximum absolute atomic E-state index is 12.3. The first-order valence-electron chi connectivity index (χ1n) is 7.66. The van der Waals surface area contributed by atoms with Gasteiger partial charge in [-0.05, 0) is 30.2 Å². The lowest BCUT2D eigenvalue weighted by molar-refractivity contribution is 0.566. The van der Waals surface area contributed by atoms with E-state index in [4.69, 9.17) is 0 Å². The summed E-state index contributed by atoms with van der Waals surface area (Å²) in [4.78, 5) is 4.02. The van der Waals surface area contributed by atoms with Gasteiger partial charge in [-0.3, -0.25) is 0 Å². The van der Waals surface area contributed by atoms with E-state index in [0.717, 1.165) is 16.8 Å². The van der Waals surface area contributed by atoms with Crippen molar-refractivity contribution in [1.29, 1.82) is 0 Å². The molecule has 0 spiro atoms. The standard InChI is InChI=1S/C18H19N3O2S/c1-15(20-24(22,23)13-16-5-3-2-4-6-16)17-7-9-18(10-8-17)21-12-11-19-14-21/h2-12,14-15,20H,13H2,1H3. The minimum Gasteiger partial charge on any atom is -0.306 e. The quantitative estimate of drug-likeness (QED) is 0.749. The molecule has 124 valence electrons. The highest BCUT2D eigenvalue weighted by atomic mass is 32.2. The minimum atomic E-state index is -3.40. The molecule has 0 radical (unpaired) electrons. The number of benzene rings is 2. The molecule has 3 rings (SSSR count). The molecule has 2 aromatic carbocycles. The van der Waals surface area contributed by atoms with Gasteiger partial charge in [-0.1, -0.05) is 42.5 Å². The Morgan fingerprint density at radius 1 is 1.08 bits per heavy atom. The molecule has 0 amide bonds. The number of hydrogen-bond donors (Lipinski definition) is 1. The summed E-state index contributed by atoms with van der Waals surface area (Å²) >= 11 is 0. The second-order valence-electron chi connectivity index (χ2n) is 5.65. The molecule has 0 aliphatic rings. The van der Waals surface area contributed by atoms with Crippen molar-refractivity contribution in [3.63, 3.8) is 0 Å². The van der Waals surface area contributed by atoms with Gasteiger partial charge in [0.15, 0.2) is 0 Å². The Hall–Kier alpha value is -2.44. The Morgan fingerprint density at radius 2 is 1.79 bits per heavy atom. The number of hydrogen-bond acceptors (Lipinski definition) is 3. The third kappa shape index (κ3) is 4.10. The zero-order valence-corrected chi connectivity index (χ0v) is 14.1. The van der Waals surface area contributed by atoms with Crippen LogP contribution in [0.15, 0.2) is 73.3 Å². The summed E-state index contributed by atoms with van der Waals surface area (Å²) in [7, 11) is -3.40. The fourth-order valence-electron chi connectivity index (χ4n) is 2.52. The van der Waals surface area contributed by atoms with Crippen LogP contribution in [0.5, 0.6) is 0 Å². The van der Waals surface area contributed by atoms with Gasteiger partial charge in [0.05, 0.1) is 12.1 Å². The molecule has 1 aromatic heterocycles. The van der Waals surface area contributed by atoms with E-state index in [1.807, 2.05) is 72.3 Å². The molecule has 1 atom stereocenters. The SMILES string of the molecule is CC(NS(=O)(=O)Cc1ccccc1)c1ccc(-n2ccnc2)cc1. The molecule has 0 fully saturated rings. The number of nitrogens with one attached hydrogen (secondary N) is 1. The largest absolute Gasteiger partial charge is 0.306 e. The van der Waals surface area contributed by atoms with Crippen molar-refractivity contribution in [2.45, 2.75) is 18.7 Å². The predicted octanol–water partition coefficient (Wildman–Crippen LogP) is 3.05. The number of imidazole rings is 1. The van der Waals surface area contributed by atoms with Crippen LogP contribution in [0, 0.1) is 0 Å². The molecular formula is C18H19N3O2S. The van der Waals surface area contributed by atoms with E-state index in [1.165, 1.54) is 0 Å². The Kier molecular flexibility index (Phi) is 4.78. The maximum Gasteiger partial charge on any atom is 0.216 e. The Bertz CT molecular complexity index is 874. The molecular weight excluding hydrogens is 322 g/mol. The molecule has 0 aliphatic carbocycles. The first-order chi connectivity index (χ1) is 11.5. The van der Waals surface area contributed by atoms with Crippen molar-refractivity contribution < 1.29 is 8.42 Å². The summed E-state index contributed by atoms with van der Waals surface area (Å²) in [6.07, 6.45) is 5.30. The van der Waals surface area contributed by atoms with E-state index in [1.54, 1.807) is 12.5 Å². The van der Waals surface area contributed by atoms with Gasteiger partial charge in [-0.15, -0.1) is 0 Å². The van der Waals surface area contributed by atoms with Crippen LogP contribution in [0.3, 0.4) is 0 Å². The van der Waals surface area contributed by atoms with Gasteiger partial charge in [0.25, 0.3) is 0 Å². The molecule has 6 heteroatoms. The molecule has 3 aromatic rings. The first kappa shape index (κ1) is 16.4. The van der Waals surface area contributed by atoms with Crippen molar-refractivity contribution in [2.24, 2.45) is 0 Å². The monoisotopic (exact) mass is 341 g/mol. The molecule has 0 saturated heterocycles. The Balaban J connectivity index is 1.69. The lowest BCUT2D eigenvalue weighted by atomic mass is 10.1. The maximum atomic E-state index is 12.3. The highest BCUT2D eigenvalue weighted by molar-refractivity contribution is 7.88. The lowest BCUT2D eigenvalue weighted by Gasteiger charge is -2.15. The summed E-state index contributed by atoms with van der Waals surface area (Å²) in [5, 5.41) is 0. The van der Waals surface area contributed by atoms with Crippen LogP contribution in [0.4, 0.5) is 0 Å². The highest BCUT2D eigenvalue weighted by Crippen LogP contribution is 2.17. The molecule has 5 nitrogen and oxygen atoms in total. The molecule has 1 unspecified atom stereocenters. The van der Waals surface area contributed by atoms with Crippen molar-refractivity contribution in [2.75, 3.05) is 0 Å². The van der Waals surface area contributed by atoms with Crippen molar-refractivity contribution in [3.05, 3.63) is 84.4 Å². The van der Waals surface area contributed by atoms with Gasteiger partial charge >= 0.3 is 0 Å². The van der Waals surface area contributed by atoms with Crippen molar-refractivity contribution in [1.82, 2.24) is 14.3 Å². The zero-order chi connectivity index (χ0) is 17.0. The fraction of sp³-hybridized carbons (Fsp3) is 0.167. The van der Waals surface area contributed by atoms with Gasteiger partial charge in [0.1, 0.15) is 0 Å². The van der Waals surface area contributed by atoms with E-state index in [2.05, 4.69) is 9.71 Å². The number of sulfonamides is 1. The van der Waals surface area contributed by atoms with Crippen molar-refractivity contribution in [3.8, 4) is 5.69 Å². The van der Waals surface area contributed by atoms with Crippen LogP contribution in [0.25, 0.3) is 5.69 Å². The number of rotatable bonds is 6. The number of aromatic nitrogens is 2. The summed E-state index contributed by atoms with van der Waals surface area (Å²) in [6.45, 7) is 1.84. The summed E-state index contributed by atoms with van der Waals surface area (Å²) in [5.74, 6) is -0.0225. The summed E-state index contributed by atoms with van der Waals surface area (Å²) < 4.78 is 29.3. The third-order valence-electron chi connectivity index (χ3n) is 3.75. The van der Waals surface area contributed by atoms with E-state index in [0.29, 0.717) is 0 Å². The van der Waals surface area contributed by atoms with Crippen LogP contribution in [0.1, 0.15) is 24.1 Å². The smallest absolute Gasteiger partial charge is 0.216 e. The number of nitrogens with zero attached hydrogens (tertiary/aromatic N) is 2. The zero-order valence-electron chi connectivity index (χ0n) is 13.3. The topological polar surface area (TPSA) is 64.0 Å². The van der Waals surface area contributed by atoms with E-state index in [-0.39, 0.29) is 11.8 Å². The molecule has 1 N–H and O–H groups in total. The van der Waals surface area contributed by atoms with Crippen LogP contribution in [0.2, 0.25) is 0 Å². The van der Waals surface area contributed by atoms with Crippen LogP contribution in [-0.4, -0.2) is 18.0 Å². The molecule has 0 saturated carbocycles. The minimum absolute atomic E-state index is 0.0225. The highest BCUT2D eigenvalue weighted by Gasteiger charge is 2.16. The van der Waals surface area contributed by atoms with Crippen LogP contribution < -0.4 is 4.72 Å². The average Bonchev–Trinajstić information content (AvgIpc) is 3.09. The third-order valence-corrected chi connectivity index (χ3v) is 5.18. The van der Waals surface area contributed by atoms with Crippen LogP contribution in [-0.2, 0) is 15.8 Å². The van der Waals surface area contributed by atoms with Crippen molar-refractivity contribution >= 4 is 10.0 Å². The predicted molar refractivity (Wildman–Crippen MR) is 94.2 cm³/mol. The second-order valence-corrected chi connectivity index (χ2v) is 7.40. The van der Waals surface area contributed by atoms with E-state index >= 15 is 0 Å². The lowest BCUT2D eigenvalue weighted by Crippen LogP contribution is -2.28. The van der Waals surface area contributed by atoms with E-state index in [9.17, 15) is 8.42 Å². The normalized spacial score (nSPS) is 12.9. The van der Waals surface area contributed by atoms with Gasteiger partial charge in [0, 0.05) is 24.1 Å². The molecule has 24 heavy (non-hydrogen) atoms. The van der Waals surface area contributed by atoms with Gasteiger partial charge in [0.2, 0.25) is 10.0 Å². The van der Waals surface area contributed by atoms with E-state index < -0.39 is 10.0 Å². The van der Waals surface area contributed by atoms with Gasteiger partial charge < -0.3 is 4.57 Å². The summed E-state index contributed by atoms with van der Waals surface area (Å²) in [5.41, 5.74) is 2.67. The fourth-order valence-corrected chi connectivity index (χ4v) is 3.91. The van der Waals surface area contributed by atoms with Crippen LogP contribution >= 0.6 is 0 Å². The molecule has 0 bridgehead atoms. The first-order valence-corrected chi connectivity index (χ1v) is 9.31. The van der Waals surface area contributed by atoms with Gasteiger partial charge in [-0.25, -0.2) is 18.1 Å². The molecule has 1 heterocycles. The van der Waals surface area contributed by atoms with Gasteiger partial charge in [-0.2, -0.15) is 0 Å².